The van der Waals surface area contributed by atoms with Gasteiger partial charge in [-0.15, -0.1) is 0 Å². The molecular weight excluding hydrogens is 162 g/mol. The van der Waals surface area contributed by atoms with E-state index in [-0.39, 0.29) is 0 Å². The second kappa shape index (κ2) is 4.33. The lowest BCUT2D eigenvalue weighted by atomic mass is 9.99. The van der Waals surface area contributed by atoms with Crippen LogP contribution in [0.3, 0.4) is 0 Å². The van der Waals surface area contributed by atoms with Crippen LogP contribution in [0.25, 0.3) is 0 Å². The van der Waals surface area contributed by atoms with Gasteiger partial charge in [0.15, 0.2) is 0 Å². The van der Waals surface area contributed by atoms with E-state index in [0.717, 1.165) is 17.8 Å². The Morgan fingerprint density at radius 1 is 1.31 bits per heavy atom. The fourth-order valence-electron chi connectivity index (χ4n) is 1.35. The number of nitrogens with two attached hydrogens (primary N) is 1. The molecule has 13 heavy (non-hydrogen) atoms. The molecule has 0 aromatic carbocycles. The zero-order valence-corrected chi connectivity index (χ0v) is 8.54. The third-order valence-corrected chi connectivity index (χ3v) is 2.33. The number of nitrogens with zero attached hydrogens (tertiary/aromatic N) is 2. The van der Waals surface area contributed by atoms with E-state index in [9.17, 15) is 0 Å². The second-order valence-corrected chi connectivity index (χ2v) is 3.57. The Labute approximate surface area is 79.4 Å². The Hall–Kier alpha value is -0.960. The van der Waals surface area contributed by atoms with Crippen LogP contribution in [0.15, 0.2) is 6.33 Å². The van der Waals surface area contributed by atoms with Crippen molar-refractivity contribution in [2.24, 2.45) is 11.7 Å². The molecule has 1 atom stereocenters. The van der Waals surface area contributed by atoms with Gasteiger partial charge in [-0.3, -0.25) is 0 Å². The summed E-state index contributed by atoms with van der Waals surface area (Å²) in [6.45, 7) is 6.90. The first-order chi connectivity index (χ1) is 6.15. The van der Waals surface area contributed by atoms with Crippen LogP contribution < -0.4 is 5.73 Å². The predicted octanol–water partition coefficient (Wildman–Crippen LogP) is 1.23. The highest BCUT2D eigenvalue weighted by Gasteiger charge is 2.08. The maximum Gasteiger partial charge on any atom is 0.115 e. The van der Waals surface area contributed by atoms with E-state index >= 15 is 0 Å². The summed E-state index contributed by atoms with van der Waals surface area (Å²) >= 11 is 0. The summed E-state index contributed by atoms with van der Waals surface area (Å²) in [5.74, 6) is 0.503. The quantitative estimate of drug-likeness (QED) is 0.759. The first-order valence-corrected chi connectivity index (χ1v) is 4.62. The van der Waals surface area contributed by atoms with Crippen LogP contribution >= 0.6 is 0 Å². The first-order valence-electron chi connectivity index (χ1n) is 4.62. The highest BCUT2D eigenvalue weighted by Crippen LogP contribution is 2.13. The van der Waals surface area contributed by atoms with Gasteiger partial charge < -0.3 is 5.73 Å². The van der Waals surface area contributed by atoms with Crippen LogP contribution in [0, 0.1) is 19.8 Å². The molecule has 3 heteroatoms. The average Bonchev–Trinajstić information content (AvgIpc) is 2.11. The minimum atomic E-state index is 0.503. The van der Waals surface area contributed by atoms with Gasteiger partial charge in [-0.1, -0.05) is 6.92 Å². The molecule has 0 radical (unpaired) electrons. The van der Waals surface area contributed by atoms with E-state index in [4.69, 9.17) is 5.73 Å². The Morgan fingerprint density at radius 3 is 2.31 bits per heavy atom. The number of hydrogen-bond acceptors (Lipinski definition) is 3. The van der Waals surface area contributed by atoms with Gasteiger partial charge in [0.05, 0.1) is 0 Å². The van der Waals surface area contributed by atoms with Gasteiger partial charge in [-0.05, 0) is 38.3 Å². The van der Waals surface area contributed by atoms with Crippen molar-refractivity contribution in [1.82, 2.24) is 9.97 Å². The molecule has 0 aliphatic rings. The van der Waals surface area contributed by atoms with Crippen molar-refractivity contribution in [1.29, 1.82) is 0 Å². The van der Waals surface area contributed by atoms with Gasteiger partial charge in [0.1, 0.15) is 6.33 Å². The zero-order valence-electron chi connectivity index (χ0n) is 8.54. The van der Waals surface area contributed by atoms with E-state index in [1.165, 1.54) is 5.56 Å². The summed E-state index contributed by atoms with van der Waals surface area (Å²) in [5, 5.41) is 0. The monoisotopic (exact) mass is 179 g/mol. The Bertz CT molecular complexity index is 263. The Balaban J connectivity index is 2.87. The molecule has 0 saturated carbocycles. The normalized spacial score (nSPS) is 12.9. The minimum absolute atomic E-state index is 0.503. The average molecular weight is 179 g/mol. The van der Waals surface area contributed by atoms with Crippen molar-refractivity contribution in [3.8, 4) is 0 Å². The molecule has 0 aliphatic heterocycles. The van der Waals surface area contributed by atoms with E-state index in [1.54, 1.807) is 6.33 Å². The molecule has 0 spiro atoms. The standard InChI is InChI=1S/C10H17N3/c1-7(5-11)4-10-8(2)12-6-13-9(10)3/h6-7H,4-5,11H2,1-3H3. The lowest BCUT2D eigenvalue weighted by molar-refractivity contribution is 0.585. The van der Waals surface area contributed by atoms with Gasteiger partial charge in [0.2, 0.25) is 0 Å². The summed E-state index contributed by atoms with van der Waals surface area (Å²) in [6.07, 6.45) is 2.59. The topological polar surface area (TPSA) is 51.8 Å². The molecule has 2 N–H and O–H groups in total. The van der Waals surface area contributed by atoms with E-state index in [0.29, 0.717) is 12.5 Å². The van der Waals surface area contributed by atoms with Gasteiger partial charge in [-0.25, -0.2) is 9.97 Å². The maximum absolute atomic E-state index is 5.58. The largest absolute Gasteiger partial charge is 0.330 e. The summed E-state index contributed by atoms with van der Waals surface area (Å²) in [6, 6.07) is 0. The van der Waals surface area contributed by atoms with Crippen molar-refractivity contribution in [2.75, 3.05) is 6.54 Å². The van der Waals surface area contributed by atoms with Crippen molar-refractivity contribution in [3.63, 3.8) is 0 Å². The molecule has 0 fully saturated rings. The van der Waals surface area contributed by atoms with Crippen LogP contribution in [-0.2, 0) is 6.42 Å². The lowest BCUT2D eigenvalue weighted by Gasteiger charge is -2.11. The molecule has 0 saturated heterocycles. The Morgan fingerprint density at radius 2 is 1.85 bits per heavy atom. The highest BCUT2D eigenvalue weighted by atomic mass is 14.8. The van der Waals surface area contributed by atoms with E-state index in [2.05, 4.69) is 16.9 Å². The predicted molar refractivity (Wildman–Crippen MR) is 53.4 cm³/mol. The zero-order chi connectivity index (χ0) is 9.84. The molecule has 1 aromatic rings. The molecule has 0 amide bonds. The number of aromatic nitrogens is 2. The van der Waals surface area contributed by atoms with Crippen molar-refractivity contribution in [2.45, 2.75) is 27.2 Å². The van der Waals surface area contributed by atoms with E-state index < -0.39 is 0 Å². The van der Waals surface area contributed by atoms with Crippen molar-refractivity contribution >= 4 is 0 Å². The summed E-state index contributed by atoms with van der Waals surface area (Å²) in [7, 11) is 0. The van der Waals surface area contributed by atoms with Crippen LogP contribution in [0.5, 0.6) is 0 Å². The van der Waals surface area contributed by atoms with E-state index in [1.807, 2.05) is 13.8 Å². The van der Waals surface area contributed by atoms with Gasteiger partial charge in [0, 0.05) is 11.4 Å². The van der Waals surface area contributed by atoms with Crippen LogP contribution in [0.2, 0.25) is 0 Å². The lowest BCUT2D eigenvalue weighted by Crippen LogP contribution is -2.15. The third-order valence-electron chi connectivity index (χ3n) is 2.33. The van der Waals surface area contributed by atoms with Crippen LogP contribution in [0.1, 0.15) is 23.9 Å². The molecule has 1 aromatic heterocycles. The summed E-state index contributed by atoms with van der Waals surface area (Å²) in [5.41, 5.74) is 8.98. The molecule has 0 bridgehead atoms. The van der Waals surface area contributed by atoms with Crippen molar-refractivity contribution < 1.29 is 0 Å². The summed E-state index contributed by atoms with van der Waals surface area (Å²) < 4.78 is 0. The molecule has 1 heterocycles. The second-order valence-electron chi connectivity index (χ2n) is 3.57. The number of aryl methyl sites for hydroxylation is 2. The number of hydrogen-bond donors (Lipinski definition) is 1. The highest BCUT2D eigenvalue weighted by molar-refractivity contribution is 5.22. The van der Waals surface area contributed by atoms with Crippen LogP contribution in [-0.4, -0.2) is 16.5 Å². The fourth-order valence-corrected chi connectivity index (χ4v) is 1.35. The number of rotatable bonds is 3. The van der Waals surface area contributed by atoms with Crippen molar-refractivity contribution in [3.05, 3.63) is 23.3 Å². The van der Waals surface area contributed by atoms with Gasteiger partial charge >= 0.3 is 0 Å². The summed E-state index contributed by atoms with van der Waals surface area (Å²) in [4.78, 5) is 8.35. The molecule has 1 unspecified atom stereocenters. The van der Waals surface area contributed by atoms with Gasteiger partial charge in [0.25, 0.3) is 0 Å². The first kappa shape index (κ1) is 10.1. The maximum atomic E-state index is 5.58. The Kier molecular flexibility index (Phi) is 3.37. The smallest absolute Gasteiger partial charge is 0.115 e. The molecule has 1 rings (SSSR count). The van der Waals surface area contributed by atoms with Gasteiger partial charge in [-0.2, -0.15) is 0 Å². The SMILES string of the molecule is Cc1ncnc(C)c1CC(C)CN. The molecule has 3 nitrogen and oxygen atoms in total. The fraction of sp³-hybridized carbons (Fsp3) is 0.600. The molecule has 0 aliphatic carbocycles. The molecular formula is C10H17N3. The third kappa shape index (κ3) is 2.49. The van der Waals surface area contributed by atoms with Crippen LogP contribution in [0.4, 0.5) is 0 Å². The molecule has 72 valence electrons. The minimum Gasteiger partial charge on any atom is -0.330 e.